The molecular weight excluding hydrogens is 280 g/mol. The van der Waals surface area contributed by atoms with Crippen molar-refractivity contribution >= 4 is 17.2 Å². The molecule has 1 unspecified atom stereocenters. The molecule has 1 saturated carbocycles. The van der Waals surface area contributed by atoms with Gasteiger partial charge in [-0.2, -0.15) is 0 Å². The molecule has 0 aromatic carbocycles. The van der Waals surface area contributed by atoms with Crippen LogP contribution in [0.1, 0.15) is 50.3 Å². The van der Waals surface area contributed by atoms with Crippen LogP contribution in [0.2, 0.25) is 0 Å². The van der Waals surface area contributed by atoms with Crippen LogP contribution in [-0.4, -0.2) is 19.0 Å². The van der Waals surface area contributed by atoms with Gasteiger partial charge >= 0.3 is 0 Å². The molecule has 0 saturated heterocycles. The van der Waals surface area contributed by atoms with Crippen LogP contribution in [0.15, 0.2) is 17.5 Å². The first-order chi connectivity index (χ1) is 10.1. The SMILES string of the molecule is CC(CNC(=O)CC1(CN)CCCCC1)Cc1cccs1. The van der Waals surface area contributed by atoms with E-state index in [0.29, 0.717) is 18.9 Å². The Hall–Kier alpha value is -0.870. The topological polar surface area (TPSA) is 55.1 Å². The first kappa shape index (κ1) is 16.5. The van der Waals surface area contributed by atoms with Crippen molar-refractivity contribution in [1.82, 2.24) is 5.32 Å². The molecule has 3 nitrogen and oxygen atoms in total. The van der Waals surface area contributed by atoms with Crippen molar-refractivity contribution in [3.8, 4) is 0 Å². The molecule has 4 heteroatoms. The van der Waals surface area contributed by atoms with E-state index in [2.05, 4.69) is 29.8 Å². The number of carbonyl (C=O) groups is 1. The molecule has 3 N–H and O–H groups in total. The molecule has 21 heavy (non-hydrogen) atoms. The molecule has 1 atom stereocenters. The first-order valence-electron chi connectivity index (χ1n) is 8.13. The van der Waals surface area contributed by atoms with Crippen molar-refractivity contribution in [3.63, 3.8) is 0 Å². The number of hydrogen-bond donors (Lipinski definition) is 2. The highest BCUT2D eigenvalue weighted by Gasteiger charge is 2.32. The second kappa shape index (κ2) is 7.95. The van der Waals surface area contributed by atoms with Crippen molar-refractivity contribution in [2.24, 2.45) is 17.1 Å². The van der Waals surface area contributed by atoms with Gasteiger partial charge in [0.15, 0.2) is 0 Å². The van der Waals surface area contributed by atoms with Crippen molar-refractivity contribution in [3.05, 3.63) is 22.4 Å². The number of amides is 1. The third-order valence-electron chi connectivity index (χ3n) is 4.66. The summed E-state index contributed by atoms with van der Waals surface area (Å²) >= 11 is 1.79. The lowest BCUT2D eigenvalue weighted by molar-refractivity contribution is -0.124. The summed E-state index contributed by atoms with van der Waals surface area (Å²) < 4.78 is 0. The van der Waals surface area contributed by atoms with Crippen LogP contribution in [0.3, 0.4) is 0 Å². The summed E-state index contributed by atoms with van der Waals surface area (Å²) in [4.78, 5) is 13.6. The highest BCUT2D eigenvalue weighted by molar-refractivity contribution is 7.09. The fraction of sp³-hybridized carbons (Fsp3) is 0.706. The second-order valence-corrected chi connectivity index (χ2v) is 7.67. The lowest BCUT2D eigenvalue weighted by atomic mass is 9.71. The van der Waals surface area contributed by atoms with Crippen LogP contribution in [0, 0.1) is 11.3 Å². The molecule has 0 aliphatic heterocycles. The third-order valence-corrected chi connectivity index (χ3v) is 5.56. The number of rotatable bonds is 7. The number of nitrogens with two attached hydrogens (primary N) is 1. The minimum Gasteiger partial charge on any atom is -0.356 e. The zero-order valence-corrected chi connectivity index (χ0v) is 13.9. The Morgan fingerprint density at radius 1 is 1.43 bits per heavy atom. The van der Waals surface area contributed by atoms with Crippen LogP contribution >= 0.6 is 11.3 Å². The van der Waals surface area contributed by atoms with Gasteiger partial charge in [0.1, 0.15) is 0 Å². The molecule has 1 aliphatic rings. The quantitative estimate of drug-likeness (QED) is 0.811. The van der Waals surface area contributed by atoms with Crippen LogP contribution in [-0.2, 0) is 11.2 Å². The Bertz CT molecular complexity index is 424. The molecule has 1 aromatic rings. The van der Waals surface area contributed by atoms with Crippen LogP contribution in [0.25, 0.3) is 0 Å². The number of carbonyl (C=O) groups excluding carboxylic acids is 1. The Morgan fingerprint density at radius 3 is 2.81 bits per heavy atom. The predicted molar refractivity (Wildman–Crippen MR) is 89.4 cm³/mol. The first-order valence-corrected chi connectivity index (χ1v) is 9.01. The van der Waals surface area contributed by atoms with E-state index in [1.807, 2.05) is 0 Å². The van der Waals surface area contributed by atoms with Gasteiger partial charge in [0, 0.05) is 17.8 Å². The summed E-state index contributed by atoms with van der Waals surface area (Å²) in [5.74, 6) is 0.660. The van der Waals surface area contributed by atoms with Gasteiger partial charge in [0.2, 0.25) is 5.91 Å². The maximum atomic E-state index is 12.2. The largest absolute Gasteiger partial charge is 0.356 e. The highest BCUT2D eigenvalue weighted by atomic mass is 32.1. The molecular formula is C17H28N2OS. The zero-order valence-electron chi connectivity index (χ0n) is 13.1. The van der Waals surface area contributed by atoms with E-state index < -0.39 is 0 Å². The molecule has 0 radical (unpaired) electrons. The monoisotopic (exact) mass is 308 g/mol. The fourth-order valence-electron chi connectivity index (χ4n) is 3.29. The minimum absolute atomic E-state index is 0.0688. The van der Waals surface area contributed by atoms with E-state index in [-0.39, 0.29) is 11.3 Å². The van der Waals surface area contributed by atoms with E-state index in [1.54, 1.807) is 11.3 Å². The Morgan fingerprint density at radius 2 is 2.19 bits per heavy atom. The van der Waals surface area contributed by atoms with E-state index in [1.165, 1.54) is 24.1 Å². The zero-order chi connectivity index (χ0) is 15.1. The van der Waals surface area contributed by atoms with E-state index >= 15 is 0 Å². The van der Waals surface area contributed by atoms with Crippen LogP contribution < -0.4 is 11.1 Å². The second-order valence-electron chi connectivity index (χ2n) is 6.63. The van der Waals surface area contributed by atoms with Gasteiger partial charge in [-0.05, 0) is 48.6 Å². The number of thiophene rings is 1. The van der Waals surface area contributed by atoms with Gasteiger partial charge in [-0.1, -0.05) is 32.3 Å². The Kier molecular flexibility index (Phi) is 6.24. The molecule has 2 rings (SSSR count). The van der Waals surface area contributed by atoms with Gasteiger partial charge < -0.3 is 11.1 Å². The van der Waals surface area contributed by atoms with Crippen molar-refractivity contribution < 1.29 is 4.79 Å². The summed E-state index contributed by atoms with van der Waals surface area (Å²) in [5.41, 5.74) is 6.02. The van der Waals surface area contributed by atoms with Gasteiger partial charge in [-0.25, -0.2) is 0 Å². The van der Waals surface area contributed by atoms with Gasteiger partial charge in [0.25, 0.3) is 0 Å². The molecule has 1 amide bonds. The van der Waals surface area contributed by atoms with Crippen molar-refractivity contribution in [2.75, 3.05) is 13.1 Å². The average molecular weight is 308 g/mol. The summed E-state index contributed by atoms with van der Waals surface area (Å²) in [7, 11) is 0. The third kappa shape index (κ3) is 5.11. The number of hydrogen-bond acceptors (Lipinski definition) is 3. The smallest absolute Gasteiger partial charge is 0.220 e. The summed E-state index contributed by atoms with van der Waals surface area (Å²) in [5, 5.41) is 5.22. The van der Waals surface area contributed by atoms with Crippen LogP contribution in [0.5, 0.6) is 0 Å². The predicted octanol–water partition coefficient (Wildman–Crippen LogP) is 3.34. The average Bonchev–Trinajstić information content (AvgIpc) is 2.99. The van der Waals surface area contributed by atoms with E-state index in [4.69, 9.17) is 5.73 Å². The normalized spacial score (nSPS) is 19.1. The lowest BCUT2D eigenvalue weighted by Gasteiger charge is -2.35. The summed E-state index contributed by atoms with van der Waals surface area (Å²) in [6.45, 7) is 3.60. The molecule has 0 bridgehead atoms. The van der Waals surface area contributed by atoms with Gasteiger partial charge in [-0.3, -0.25) is 4.79 Å². The minimum atomic E-state index is 0.0688. The summed E-state index contributed by atoms with van der Waals surface area (Å²) in [6, 6.07) is 4.24. The van der Waals surface area contributed by atoms with E-state index in [9.17, 15) is 4.79 Å². The maximum absolute atomic E-state index is 12.2. The standard InChI is InChI=1S/C17H28N2OS/c1-14(10-15-6-5-9-21-15)12-19-16(20)11-17(13-18)7-3-2-4-8-17/h5-6,9,14H,2-4,7-8,10-13,18H2,1H3,(H,19,20). The molecule has 1 heterocycles. The Balaban J connectivity index is 1.73. The van der Waals surface area contributed by atoms with Gasteiger partial charge in [0.05, 0.1) is 0 Å². The lowest BCUT2D eigenvalue weighted by Crippen LogP contribution is -2.39. The van der Waals surface area contributed by atoms with Crippen molar-refractivity contribution in [2.45, 2.75) is 51.9 Å². The van der Waals surface area contributed by atoms with Crippen LogP contribution in [0.4, 0.5) is 0 Å². The molecule has 1 aliphatic carbocycles. The highest BCUT2D eigenvalue weighted by Crippen LogP contribution is 2.38. The molecule has 1 fully saturated rings. The van der Waals surface area contributed by atoms with Crippen molar-refractivity contribution in [1.29, 1.82) is 0 Å². The maximum Gasteiger partial charge on any atom is 0.220 e. The number of nitrogens with one attached hydrogen (secondary N) is 1. The molecule has 1 aromatic heterocycles. The molecule has 118 valence electrons. The summed E-state index contributed by atoms with van der Waals surface area (Å²) in [6.07, 6.45) is 7.61. The van der Waals surface area contributed by atoms with E-state index in [0.717, 1.165) is 25.8 Å². The Labute approximate surface area is 132 Å². The fourth-order valence-corrected chi connectivity index (χ4v) is 4.16. The molecule has 0 spiro atoms. The van der Waals surface area contributed by atoms with Gasteiger partial charge in [-0.15, -0.1) is 11.3 Å².